The topological polar surface area (TPSA) is 69.7 Å². The van der Waals surface area contributed by atoms with E-state index in [1.165, 1.54) is 7.11 Å². The summed E-state index contributed by atoms with van der Waals surface area (Å²) in [6, 6.07) is 0. The van der Waals surface area contributed by atoms with Gasteiger partial charge in [0.15, 0.2) is 11.9 Å². The van der Waals surface area contributed by atoms with Crippen LogP contribution in [0.2, 0.25) is 0 Å². The zero-order valence-electron chi connectivity index (χ0n) is 8.89. The first-order valence-corrected chi connectivity index (χ1v) is 4.69. The Morgan fingerprint density at radius 1 is 1.38 bits per heavy atom. The maximum atomic E-state index is 11.3. The third-order valence-corrected chi connectivity index (χ3v) is 2.07. The molecule has 1 unspecified atom stereocenters. The highest BCUT2D eigenvalue weighted by Crippen LogP contribution is 2.22. The van der Waals surface area contributed by atoms with Gasteiger partial charge in [-0.15, -0.1) is 0 Å². The van der Waals surface area contributed by atoms with E-state index in [9.17, 15) is 14.4 Å². The monoisotopic (exact) mass is 224 g/mol. The standard InChI is InChI=1S/C11H12O5/c1-7-5-8(12)9(6-7)16-11(14)4-3-10(13)15-2/h3-4,9H,1,5-6H2,2H3/b4-3+. The average molecular weight is 224 g/mol. The van der Waals surface area contributed by atoms with Crippen molar-refractivity contribution in [2.45, 2.75) is 18.9 Å². The highest BCUT2D eigenvalue weighted by molar-refractivity contribution is 5.94. The summed E-state index contributed by atoms with van der Waals surface area (Å²) >= 11 is 0. The number of esters is 2. The lowest BCUT2D eigenvalue weighted by Gasteiger charge is -2.07. The molecule has 0 amide bonds. The van der Waals surface area contributed by atoms with Crippen molar-refractivity contribution in [3.8, 4) is 0 Å². The predicted octanol–water partition coefficient (Wildman–Crippen LogP) is 0.546. The van der Waals surface area contributed by atoms with Gasteiger partial charge in [0.1, 0.15) is 0 Å². The zero-order chi connectivity index (χ0) is 12.1. The smallest absolute Gasteiger partial charge is 0.331 e. The van der Waals surface area contributed by atoms with Crippen molar-refractivity contribution < 1.29 is 23.9 Å². The SMILES string of the molecule is C=C1CC(=O)C(OC(=O)/C=C/C(=O)OC)C1. The maximum absolute atomic E-state index is 11.3. The van der Waals surface area contributed by atoms with Crippen LogP contribution in [-0.4, -0.2) is 30.9 Å². The minimum Gasteiger partial charge on any atom is -0.466 e. The highest BCUT2D eigenvalue weighted by atomic mass is 16.5. The molecule has 16 heavy (non-hydrogen) atoms. The molecule has 1 aliphatic carbocycles. The third kappa shape index (κ3) is 3.34. The molecule has 1 fully saturated rings. The fraction of sp³-hybridized carbons (Fsp3) is 0.364. The average Bonchev–Trinajstić information content (AvgIpc) is 2.54. The van der Waals surface area contributed by atoms with Crippen LogP contribution in [0.15, 0.2) is 24.3 Å². The summed E-state index contributed by atoms with van der Waals surface area (Å²) in [5.41, 5.74) is 0.750. The first-order valence-electron chi connectivity index (χ1n) is 4.69. The van der Waals surface area contributed by atoms with Crippen LogP contribution in [0, 0.1) is 0 Å². The van der Waals surface area contributed by atoms with E-state index >= 15 is 0 Å². The van der Waals surface area contributed by atoms with Gasteiger partial charge in [-0.05, 0) is 0 Å². The van der Waals surface area contributed by atoms with Crippen molar-refractivity contribution in [3.05, 3.63) is 24.3 Å². The number of Topliss-reactive ketones (excluding diaryl/α,β-unsaturated/α-hetero) is 1. The van der Waals surface area contributed by atoms with Gasteiger partial charge in [-0.1, -0.05) is 12.2 Å². The van der Waals surface area contributed by atoms with Crippen LogP contribution in [0.1, 0.15) is 12.8 Å². The van der Waals surface area contributed by atoms with E-state index in [1.807, 2.05) is 0 Å². The summed E-state index contributed by atoms with van der Waals surface area (Å²) in [5.74, 6) is -1.55. The molecule has 0 heterocycles. The lowest BCUT2D eigenvalue weighted by molar-refractivity contribution is -0.148. The second-order valence-electron chi connectivity index (χ2n) is 3.38. The summed E-state index contributed by atoms with van der Waals surface area (Å²) in [5, 5.41) is 0. The summed E-state index contributed by atoms with van der Waals surface area (Å²) in [4.78, 5) is 33.1. The number of ketones is 1. The summed E-state index contributed by atoms with van der Waals surface area (Å²) in [6.45, 7) is 3.65. The van der Waals surface area contributed by atoms with Crippen molar-refractivity contribution in [2.75, 3.05) is 7.11 Å². The van der Waals surface area contributed by atoms with Gasteiger partial charge in [-0.25, -0.2) is 9.59 Å². The van der Waals surface area contributed by atoms with Crippen LogP contribution < -0.4 is 0 Å². The second kappa shape index (κ2) is 5.25. The van der Waals surface area contributed by atoms with E-state index in [1.54, 1.807) is 0 Å². The molecule has 0 bridgehead atoms. The molecule has 5 nitrogen and oxygen atoms in total. The molecule has 1 rings (SSSR count). The summed E-state index contributed by atoms with van der Waals surface area (Å²) in [6.07, 6.45) is 1.72. The number of hydrogen-bond donors (Lipinski definition) is 0. The van der Waals surface area contributed by atoms with Crippen molar-refractivity contribution in [1.29, 1.82) is 0 Å². The van der Waals surface area contributed by atoms with Gasteiger partial charge in [0.2, 0.25) is 0 Å². The first kappa shape index (κ1) is 12.2. The number of hydrogen-bond acceptors (Lipinski definition) is 5. The molecule has 0 aromatic rings. The molecule has 86 valence electrons. The lowest BCUT2D eigenvalue weighted by Crippen LogP contribution is -2.20. The number of methoxy groups -OCH3 is 1. The molecular weight excluding hydrogens is 212 g/mol. The Morgan fingerprint density at radius 3 is 2.50 bits per heavy atom. The lowest BCUT2D eigenvalue weighted by atomic mass is 10.3. The highest BCUT2D eigenvalue weighted by Gasteiger charge is 2.29. The molecule has 0 aromatic carbocycles. The number of carbonyl (C=O) groups excluding carboxylic acids is 3. The van der Waals surface area contributed by atoms with Gasteiger partial charge >= 0.3 is 11.9 Å². The van der Waals surface area contributed by atoms with Gasteiger partial charge in [-0.2, -0.15) is 0 Å². The predicted molar refractivity (Wildman–Crippen MR) is 54.4 cm³/mol. The van der Waals surface area contributed by atoms with Crippen LogP contribution in [0.4, 0.5) is 0 Å². The first-order chi connectivity index (χ1) is 7.52. The van der Waals surface area contributed by atoms with E-state index in [2.05, 4.69) is 11.3 Å². The van der Waals surface area contributed by atoms with Crippen LogP contribution >= 0.6 is 0 Å². The van der Waals surface area contributed by atoms with Crippen LogP contribution in [0.5, 0.6) is 0 Å². The van der Waals surface area contributed by atoms with Crippen LogP contribution in [0.3, 0.4) is 0 Å². The Balaban J connectivity index is 2.46. The van der Waals surface area contributed by atoms with E-state index in [0.29, 0.717) is 6.42 Å². The molecule has 0 aromatic heterocycles. The van der Waals surface area contributed by atoms with E-state index < -0.39 is 18.0 Å². The normalized spacial score (nSPS) is 20.2. The molecule has 0 spiro atoms. The molecule has 0 radical (unpaired) electrons. The van der Waals surface area contributed by atoms with Gasteiger partial charge in [0.05, 0.1) is 7.11 Å². The van der Waals surface area contributed by atoms with Crippen LogP contribution in [-0.2, 0) is 23.9 Å². The van der Waals surface area contributed by atoms with Crippen molar-refractivity contribution in [1.82, 2.24) is 0 Å². The van der Waals surface area contributed by atoms with Crippen molar-refractivity contribution in [3.63, 3.8) is 0 Å². The molecule has 1 saturated carbocycles. The fourth-order valence-electron chi connectivity index (χ4n) is 1.30. The molecular formula is C11H12O5. The van der Waals surface area contributed by atoms with Gasteiger partial charge in [0, 0.05) is 25.0 Å². The molecule has 5 heteroatoms. The number of rotatable bonds is 3. The molecule has 0 N–H and O–H groups in total. The largest absolute Gasteiger partial charge is 0.466 e. The second-order valence-corrected chi connectivity index (χ2v) is 3.38. The third-order valence-electron chi connectivity index (χ3n) is 2.07. The van der Waals surface area contributed by atoms with E-state index in [-0.39, 0.29) is 12.2 Å². The van der Waals surface area contributed by atoms with Crippen LogP contribution in [0.25, 0.3) is 0 Å². The minimum atomic E-state index is -0.762. The maximum Gasteiger partial charge on any atom is 0.331 e. The Kier molecular flexibility index (Phi) is 3.99. The number of carbonyl (C=O) groups is 3. The van der Waals surface area contributed by atoms with E-state index in [4.69, 9.17) is 4.74 Å². The van der Waals surface area contributed by atoms with Gasteiger partial charge < -0.3 is 9.47 Å². The minimum absolute atomic E-state index is 0.162. The Labute approximate surface area is 92.7 Å². The Morgan fingerprint density at radius 2 is 2.00 bits per heavy atom. The Hall–Kier alpha value is -1.91. The molecule has 0 saturated heterocycles. The van der Waals surface area contributed by atoms with Crippen molar-refractivity contribution >= 4 is 17.7 Å². The zero-order valence-corrected chi connectivity index (χ0v) is 8.89. The van der Waals surface area contributed by atoms with Gasteiger partial charge in [-0.3, -0.25) is 4.79 Å². The summed E-state index contributed by atoms with van der Waals surface area (Å²) < 4.78 is 9.14. The van der Waals surface area contributed by atoms with Crippen molar-refractivity contribution in [2.24, 2.45) is 0 Å². The molecule has 1 atom stereocenters. The molecule has 0 aliphatic heterocycles. The molecule has 1 aliphatic rings. The number of ether oxygens (including phenoxy) is 2. The fourth-order valence-corrected chi connectivity index (χ4v) is 1.30. The summed E-state index contributed by atoms with van der Waals surface area (Å²) in [7, 11) is 1.20. The quantitative estimate of drug-likeness (QED) is 0.397. The Bertz CT molecular complexity index is 367. The van der Waals surface area contributed by atoms with E-state index in [0.717, 1.165) is 17.7 Å². The van der Waals surface area contributed by atoms with Gasteiger partial charge in [0.25, 0.3) is 0 Å².